The van der Waals surface area contributed by atoms with Crippen LogP contribution in [0.2, 0.25) is 0 Å². The van der Waals surface area contributed by atoms with Crippen molar-refractivity contribution in [3.8, 4) is 5.75 Å². The van der Waals surface area contributed by atoms with Crippen LogP contribution in [0.3, 0.4) is 0 Å². The average Bonchev–Trinajstić information content (AvgIpc) is 3.26. The lowest BCUT2D eigenvalue weighted by Crippen LogP contribution is -2.24. The Kier molecular flexibility index (Phi) is 4.90. The standard InChI is InChI=1S/C21H19FN2O2S/c1-14-23-20(13-27-14)16-10-21(25)24(11-16)18-5-7-19(8-6-18)26-12-15-3-2-4-17(22)9-15/h2-9,13,16H,10-12H2,1H3/t16-/m1/s1. The van der Waals surface area contributed by atoms with Crippen LogP contribution in [0.4, 0.5) is 10.1 Å². The first-order chi connectivity index (χ1) is 13.1. The van der Waals surface area contributed by atoms with Crippen LogP contribution in [0.25, 0.3) is 0 Å². The molecular formula is C21H19FN2O2S. The quantitative estimate of drug-likeness (QED) is 0.643. The predicted octanol–water partition coefficient (Wildman–Crippen LogP) is 4.69. The minimum Gasteiger partial charge on any atom is -0.489 e. The maximum Gasteiger partial charge on any atom is 0.227 e. The van der Waals surface area contributed by atoms with Gasteiger partial charge in [-0.25, -0.2) is 9.37 Å². The van der Waals surface area contributed by atoms with E-state index in [4.69, 9.17) is 4.74 Å². The number of carbonyl (C=O) groups excluding carboxylic acids is 1. The van der Waals surface area contributed by atoms with Crippen molar-refractivity contribution in [3.63, 3.8) is 0 Å². The Morgan fingerprint density at radius 3 is 2.78 bits per heavy atom. The third-order valence-electron chi connectivity index (χ3n) is 4.62. The summed E-state index contributed by atoms with van der Waals surface area (Å²) in [6.45, 7) is 2.92. The fourth-order valence-corrected chi connectivity index (χ4v) is 3.93. The van der Waals surface area contributed by atoms with Crippen LogP contribution in [-0.4, -0.2) is 17.4 Å². The van der Waals surface area contributed by atoms with Crippen molar-refractivity contribution in [3.05, 3.63) is 76.0 Å². The number of aryl methyl sites for hydroxylation is 1. The van der Waals surface area contributed by atoms with Crippen molar-refractivity contribution in [1.29, 1.82) is 0 Å². The molecule has 1 aromatic heterocycles. The van der Waals surface area contributed by atoms with Gasteiger partial charge in [0.05, 0.1) is 10.7 Å². The van der Waals surface area contributed by atoms with E-state index in [0.29, 0.717) is 25.3 Å². The molecule has 0 radical (unpaired) electrons. The number of carbonyl (C=O) groups is 1. The molecule has 0 unspecified atom stereocenters. The first-order valence-corrected chi connectivity index (χ1v) is 9.66. The summed E-state index contributed by atoms with van der Waals surface area (Å²) in [6, 6.07) is 13.8. The predicted molar refractivity (Wildman–Crippen MR) is 104 cm³/mol. The van der Waals surface area contributed by atoms with Crippen LogP contribution in [0.1, 0.15) is 28.6 Å². The molecule has 0 N–H and O–H groups in total. The highest BCUT2D eigenvalue weighted by molar-refractivity contribution is 7.09. The molecule has 0 aliphatic carbocycles. The molecule has 6 heteroatoms. The number of hydrogen-bond donors (Lipinski definition) is 0. The van der Waals surface area contributed by atoms with Gasteiger partial charge in [-0.3, -0.25) is 4.79 Å². The molecule has 4 nitrogen and oxygen atoms in total. The highest BCUT2D eigenvalue weighted by atomic mass is 32.1. The van der Waals surface area contributed by atoms with E-state index in [-0.39, 0.29) is 17.6 Å². The lowest BCUT2D eigenvalue weighted by molar-refractivity contribution is -0.117. The number of nitrogens with zero attached hydrogens (tertiary/aromatic N) is 2. The minimum absolute atomic E-state index is 0.110. The summed E-state index contributed by atoms with van der Waals surface area (Å²) in [7, 11) is 0. The second kappa shape index (κ2) is 7.48. The van der Waals surface area contributed by atoms with Gasteiger partial charge in [0.15, 0.2) is 0 Å². The van der Waals surface area contributed by atoms with Crippen molar-refractivity contribution in [1.82, 2.24) is 4.98 Å². The topological polar surface area (TPSA) is 42.4 Å². The number of hydrogen-bond acceptors (Lipinski definition) is 4. The summed E-state index contributed by atoms with van der Waals surface area (Å²) in [4.78, 5) is 18.8. The molecule has 1 aliphatic heterocycles. The first kappa shape index (κ1) is 17.7. The Morgan fingerprint density at radius 1 is 1.26 bits per heavy atom. The number of ether oxygens (including phenoxy) is 1. The number of aromatic nitrogens is 1. The van der Waals surface area contributed by atoms with E-state index in [1.807, 2.05) is 42.6 Å². The van der Waals surface area contributed by atoms with Gasteiger partial charge in [0, 0.05) is 30.0 Å². The molecule has 1 amide bonds. The molecular weight excluding hydrogens is 363 g/mol. The number of anilines is 1. The molecule has 0 spiro atoms. The van der Waals surface area contributed by atoms with Crippen LogP contribution in [0.15, 0.2) is 53.9 Å². The summed E-state index contributed by atoms with van der Waals surface area (Å²) in [5, 5.41) is 3.07. The fraction of sp³-hybridized carbons (Fsp3) is 0.238. The smallest absolute Gasteiger partial charge is 0.227 e. The molecule has 0 saturated carbocycles. The van der Waals surface area contributed by atoms with Gasteiger partial charge in [0.1, 0.15) is 18.2 Å². The molecule has 138 valence electrons. The number of rotatable bonds is 5. The zero-order valence-electron chi connectivity index (χ0n) is 14.9. The molecule has 4 rings (SSSR count). The molecule has 1 aliphatic rings. The normalized spacial score (nSPS) is 16.7. The molecule has 0 bridgehead atoms. The van der Waals surface area contributed by atoms with E-state index in [1.54, 1.807) is 22.3 Å². The van der Waals surface area contributed by atoms with Crippen LogP contribution in [0, 0.1) is 12.7 Å². The maximum absolute atomic E-state index is 13.2. The van der Waals surface area contributed by atoms with E-state index in [9.17, 15) is 9.18 Å². The van der Waals surface area contributed by atoms with Crippen molar-refractivity contribution in [2.45, 2.75) is 25.9 Å². The number of halogens is 1. The Balaban J connectivity index is 1.40. The molecule has 1 atom stereocenters. The van der Waals surface area contributed by atoms with Gasteiger partial charge in [0.2, 0.25) is 5.91 Å². The van der Waals surface area contributed by atoms with Gasteiger partial charge in [0.25, 0.3) is 0 Å². The van der Waals surface area contributed by atoms with Crippen LogP contribution >= 0.6 is 11.3 Å². The zero-order chi connectivity index (χ0) is 18.8. The molecule has 2 heterocycles. The SMILES string of the molecule is Cc1nc([C@@H]2CC(=O)N(c3ccc(OCc4cccc(F)c4)cc3)C2)cs1. The second-order valence-corrected chi connectivity index (χ2v) is 7.67. The average molecular weight is 382 g/mol. The van der Waals surface area contributed by atoms with E-state index < -0.39 is 0 Å². The van der Waals surface area contributed by atoms with Gasteiger partial charge in [-0.2, -0.15) is 0 Å². The van der Waals surface area contributed by atoms with Crippen molar-refractivity contribution >= 4 is 22.9 Å². The van der Waals surface area contributed by atoms with E-state index in [1.165, 1.54) is 12.1 Å². The minimum atomic E-state index is -0.274. The highest BCUT2D eigenvalue weighted by Gasteiger charge is 2.32. The molecule has 1 fully saturated rings. The van der Waals surface area contributed by atoms with Gasteiger partial charge >= 0.3 is 0 Å². The summed E-state index contributed by atoms with van der Waals surface area (Å²) in [6.07, 6.45) is 0.487. The lowest BCUT2D eigenvalue weighted by Gasteiger charge is -2.17. The van der Waals surface area contributed by atoms with Gasteiger partial charge in [-0.15, -0.1) is 11.3 Å². The molecule has 1 saturated heterocycles. The van der Waals surface area contributed by atoms with Gasteiger partial charge in [-0.05, 0) is 48.9 Å². The number of amides is 1. The number of thiazole rings is 1. The summed E-state index contributed by atoms with van der Waals surface area (Å²) >= 11 is 1.62. The van der Waals surface area contributed by atoms with Gasteiger partial charge < -0.3 is 9.64 Å². The van der Waals surface area contributed by atoms with E-state index in [0.717, 1.165) is 22.0 Å². The van der Waals surface area contributed by atoms with Gasteiger partial charge in [-0.1, -0.05) is 12.1 Å². The van der Waals surface area contributed by atoms with Crippen molar-refractivity contribution in [2.24, 2.45) is 0 Å². The summed E-state index contributed by atoms with van der Waals surface area (Å²) in [5.74, 6) is 0.663. The summed E-state index contributed by atoms with van der Waals surface area (Å²) < 4.78 is 18.9. The molecule has 2 aromatic carbocycles. The molecule has 27 heavy (non-hydrogen) atoms. The third-order valence-corrected chi connectivity index (χ3v) is 5.41. The third kappa shape index (κ3) is 4.01. The number of benzene rings is 2. The van der Waals surface area contributed by atoms with Crippen LogP contribution in [0.5, 0.6) is 5.75 Å². The largest absolute Gasteiger partial charge is 0.489 e. The Morgan fingerprint density at radius 2 is 2.07 bits per heavy atom. The zero-order valence-corrected chi connectivity index (χ0v) is 15.7. The Hall–Kier alpha value is -2.73. The first-order valence-electron chi connectivity index (χ1n) is 8.78. The van der Waals surface area contributed by atoms with Crippen molar-refractivity contribution < 1.29 is 13.9 Å². The maximum atomic E-state index is 13.2. The van der Waals surface area contributed by atoms with Crippen LogP contribution in [-0.2, 0) is 11.4 Å². The Labute approximate surface area is 161 Å². The lowest BCUT2D eigenvalue weighted by atomic mass is 10.1. The molecule has 3 aromatic rings. The van der Waals surface area contributed by atoms with Crippen molar-refractivity contribution in [2.75, 3.05) is 11.4 Å². The van der Waals surface area contributed by atoms with E-state index in [2.05, 4.69) is 4.98 Å². The second-order valence-electron chi connectivity index (χ2n) is 6.61. The monoisotopic (exact) mass is 382 g/mol. The highest BCUT2D eigenvalue weighted by Crippen LogP contribution is 2.33. The van der Waals surface area contributed by atoms with E-state index >= 15 is 0 Å². The van der Waals surface area contributed by atoms with Crippen LogP contribution < -0.4 is 9.64 Å². The Bertz CT molecular complexity index is 955. The fourth-order valence-electron chi connectivity index (χ4n) is 3.24. The summed E-state index contributed by atoms with van der Waals surface area (Å²) in [5.41, 5.74) is 2.63.